The van der Waals surface area contributed by atoms with Gasteiger partial charge in [-0.3, -0.25) is 4.79 Å². The van der Waals surface area contributed by atoms with Crippen molar-refractivity contribution in [3.8, 4) is 0 Å². The fraction of sp³-hybridized carbons (Fsp3) is 0.529. The van der Waals surface area contributed by atoms with Crippen LogP contribution in [0.4, 0.5) is 13.2 Å². The average Bonchev–Trinajstić information content (AvgIpc) is 2.56. The predicted molar refractivity (Wildman–Crippen MR) is 84.7 cm³/mol. The Kier molecular flexibility index (Phi) is 5.53. The topological polar surface area (TPSA) is 92.4 Å². The molecule has 0 spiro atoms. The van der Waals surface area contributed by atoms with Crippen molar-refractivity contribution >= 4 is 11.8 Å². The molecule has 0 atom stereocenters. The monoisotopic (exact) mass is 358 g/mol. The fourth-order valence-corrected chi connectivity index (χ4v) is 3.24. The number of rotatable bonds is 3. The van der Waals surface area contributed by atoms with Gasteiger partial charge in [0.15, 0.2) is 5.78 Å². The standard InChI is InChI=1S/C15H20N2O.C2HF3O2/c16-15-8-6-14(7-9-15,10-13(15)18)17-11-12-4-2-1-3-5-12;3-2(4,5)1(6)7/h1-5,17H,6-11,16H2;(H,6,7). The normalized spacial score (nSPS) is 28.2. The van der Waals surface area contributed by atoms with Crippen LogP contribution in [0.2, 0.25) is 0 Å². The lowest BCUT2D eigenvalue weighted by molar-refractivity contribution is -0.192. The first kappa shape index (κ1) is 19.4. The number of fused-ring (bicyclic) bond motifs is 3. The molecule has 1 aromatic carbocycles. The molecule has 0 amide bonds. The number of hydrogen-bond acceptors (Lipinski definition) is 4. The van der Waals surface area contributed by atoms with Gasteiger partial charge in [0.2, 0.25) is 0 Å². The van der Waals surface area contributed by atoms with Gasteiger partial charge in [-0.05, 0) is 31.2 Å². The minimum Gasteiger partial charge on any atom is -0.475 e. The summed E-state index contributed by atoms with van der Waals surface area (Å²) >= 11 is 0. The number of hydrogen-bond donors (Lipinski definition) is 3. The van der Waals surface area contributed by atoms with Crippen LogP contribution in [0.15, 0.2) is 30.3 Å². The van der Waals surface area contributed by atoms with Gasteiger partial charge in [0.1, 0.15) is 0 Å². The first-order valence-corrected chi connectivity index (χ1v) is 7.98. The van der Waals surface area contributed by atoms with Crippen LogP contribution in [-0.2, 0) is 16.1 Å². The Hall–Kier alpha value is -1.93. The number of ketones is 1. The maximum absolute atomic E-state index is 12.0. The molecule has 0 heterocycles. The van der Waals surface area contributed by atoms with Gasteiger partial charge < -0.3 is 16.2 Å². The highest BCUT2D eigenvalue weighted by Gasteiger charge is 2.51. The summed E-state index contributed by atoms with van der Waals surface area (Å²) in [6.45, 7) is 0.839. The molecule has 0 saturated heterocycles. The van der Waals surface area contributed by atoms with E-state index in [0.29, 0.717) is 6.42 Å². The van der Waals surface area contributed by atoms with Gasteiger partial charge in [0, 0.05) is 18.5 Å². The van der Waals surface area contributed by atoms with Crippen molar-refractivity contribution in [1.29, 1.82) is 0 Å². The van der Waals surface area contributed by atoms with Crippen molar-refractivity contribution in [1.82, 2.24) is 5.32 Å². The molecule has 0 unspecified atom stereocenters. The van der Waals surface area contributed by atoms with Gasteiger partial charge in [0.05, 0.1) is 5.54 Å². The van der Waals surface area contributed by atoms with Crippen LogP contribution < -0.4 is 11.1 Å². The Morgan fingerprint density at radius 3 is 2.12 bits per heavy atom. The SMILES string of the molecule is NC12CCC(NCc3ccccc3)(CC1)CC2=O.O=C(O)C(F)(F)F. The third-order valence-electron chi connectivity index (χ3n) is 4.91. The number of Topliss-reactive ketones (excluding diaryl/α,β-unsaturated/α-hetero) is 1. The zero-order valence-electron chi connectivity index (χ0n) is 13.6. The third-order valence-corrected chi connectivity index (χ3v) is 4.91. The molecule has 0 aliphatic heterocycles. The summed E-state index contributed by atoms with van der Waals surface area (Å²) in [6, 6.07) is 10.4. The Balaban J connectivity index is 0.000000277. The molecule has 3 aliphatic rings. The van der Waals surface area contributed by atoms with Crippen LogP contribution in [-0.4, -0.2) is 34.1 Å². The van der Waals surface area contributed by atoms with E-state index in [1.54, 1.807) is 0 Å². The van der Waals surface area contributed by atoms with E-state index in [1.165, 1.54) is 5.56 Å². The van der Waals surface area contributed by atoms with Gasteiger partial charge in [-0.1, -0.05) is 30.3 Å². The van der Waals surface area contributed by atoms with Crippen molar-refractivity contribution in [3.63, 3.8) is 0 Å². The number of nitrogens with one attached hydrogen (secondary N) is 1. The number of aliphatic carboxylic acids is 1. The lowest BCUT2D eigenvalue weighted by Crippen LogP contribution is -2.65. The predicted octanol–water partition coefficient (Wildman–Crippen LogP) is 2.39. The number of carbonyl (C=O) groups excluding carboxylic acids is 1. The van der Waals surface area contributed by atoms with Crippen molar-refractivity contribution in [3.05, 3.63) is 35.9 Å². The molecule has 2 bridgehead atoms. The molecule has 138 valence electrons. The maximum Gasteiger partial charge on any atom is 0.490 e. The number of carboxylic acids is 1. The maximum atomic E-state index is 12.0. The Morgan fingerprint density at radius 1 is 1.16 bits per heavy atom. The Bertz CT molecular complexity index is 624. The van der Waals surface area contributed by atoms with E-state index in [-0.39, 0.29) is 11.3 Å². The van der Waals surface area contributed by atoms with Gasteiger partial charge in [-0.25, -0.2) is 4.79 Å². The minimum absolute atomic E-state index is 0.00798. The summed E-state index contributed by atoms with van der Waals surface area (Å²) in [5.74, 6) is -2.51. The highest BCUT2D eigenvalue weighted by atomic mass is 19.4. The van der Waals surface area contributed by atoms with Crippen LogP contribution in [0.25, 0.3) is 0 Å². The molecule has 3 fully saturated rings. The van der Waals surface area contributed by atoms with Crippen LogP contribution in [0.1, 0.15) is 37.7 Å². The van der Waals surface area contributed by atoms with E-state index in [1.807, 2.05) is 18.2 Å². The molecule has 25 heavy (non-hydrogen) atoms. The van der Waals surface area contributed by atoms with Gasteiger partial charge in [-0.2, -0.15) is 13.2 Å². The molecule has 3 aliphatic carbocycles. The summed E-state index contributed by atoms with van der Waals surface area (Å²) in [4.78, 5) is 20.9. The van der Waals surface area contributed by atoms with Gasteiger partial charge in [0.25, 0.3) is 0 Å². The highest BCUT2D eigenvalue weighted by molar-refractivity contribution is 5.91. The van der Waals surface area contributed by atoms with Crippen LogP contribution in [0.5, 0.6) is 0 Å². The minimum atomic E-state index is -5.08. The Morgan fingerprint density at radius 2 is 1.68 bits per heavy atom. The number of halogens is 3. The Labute approximate surface area is 143 Å². The molecule has 5 nitrogen and oxygen atoms in total. The summed E-state index contributed by atoms with van der Waals surface area (Å²) in [5, 5.41) is 10.7. The van der Waals surface area contributed by atoms with Crippen molar-refractivity contribution in [2.24, 2.45) is 5.73 Å². The second-order valence-corrected chi connectivity index (χ2v) is 6.68. The molecule has 8 heteroatoms. The van der Waals surface area contributed by atoms with E-state index in [9.17, 15) is 18.0 Å². The van der Waals surface area contributed by atoms with Crippen molar-refractivity contribution in [2.75, 3.05) is 0 Å². The van der Waals surface area contributed by atoms with E-state index >= 15 is 0 Å². The lowest BCUT2D eigenvalue weighted by atomic mass is 9.61. The van der Waals surface area contributed by atoms with Crippen molar-refractivity contribution < 1.29 is 27.9 Å². The summed E-state index contributed by atoms with van der Waals surface area (Å²) in [6.07, 6.45) is -0.734. The van der Waals surface area contributed by atoms with Crippen LogP contribution in [0, 0.1) is 0 Å². The summed E-state index contributed by atoms with van der Waals surface area (Å²) in [5.41, 5.74) is 6.91. The fourth-order valence-electron chi connectivity index (χ4n) is 3.24. The average molecular weight is 358 g/mol. The van der Waals surface area contributed by atoms with Crippen molar-refractivity contribution in [2.45, 2.75) is 55.9 Å². The number of benzene rings is 1. The molecule has 0 radical (unpaired) electrons. The van der Waals surface area contributed by atoms with E-state index in [0.717, 1.165) is 32.2 Å². The molecule has 0 aromatic heterocycles. The number of alkyl halides is 3. The van der Waals surface area contributed by atoms with Crippen LogP contribution in [0.3, 0.4) is 0 Å². The largest absolute Gasteiger partial charge is 0.490 e. The second kappa shape index (κ2) is 7.13. The quantitative estimate of drug-likeness (QED) is 0.772. The molecular formula is C17H21F3N2O3. The first-order valence-electron chi connectivity index (χ1n) is 7.98. The highest BCUT2D eigenvalue weighted by Crippen LogP contribution is 2.43. The smallest absolute Gasteiger partial charge is 0.475 e. The van der Waals surface area contributed by atoms with E-state index < -0.39 is 17.7 Å². The zero-order chi connectivity index (χ0) is 18.7. The molecule has 1 aromatic rings. The molecule has 4 N–H and O–H groups in total. The van der Waals surface area contributed by atoms with Gasteiger partial charge >= 0.3 is 12.1 Å². The lowest BCUT2D eigenvalue weighted by Gasteiger charge is -2.51. The van der Waals surface area contributed by atoms with E-state index in [4.69, 9.17) is 15.6 Å². The number of nitrogens with two attached hydrogens (primary N) is 1. The van der Waals surface area contributed by atoms with E-state index in [2.05, 4.69) is 17.4 Å². The second-order valence-electron chi connectivity index (χ2n) is 6.68. The molecule has 3 saturated carbocycles. The first-order chi connectivity index (χ1) is 11.6. The summed E-state index contributed by atoms with van der Waals surface area (Å²) in [7, 11) is 0. The molecule has 4 rings (SSSR count). The number of carboxylic acid groups (broad SMARTS) is 1. The zero-order valence-corrected chi connectivity index (χ0v) is 13.6. The summed E-state index contributed by atoms with van der Waals surface area (Å²) < 4.78 is 31.7. The number of carbonyl (C=O) groups is 2. The molecular weight excluding hydrogens is 337 g/mol. The van der Waals surface area contributed by atoms with Gasteiger partial charge in [-0.15, -0.1) is 0 Å². The third kappa shape index (κ3) is 4.79. The van der Waals surface area contributed by atoms with Crippen LogP contribution >= 0.6 is 0 Å².